The van der Waals surface area contributed by atoms with Crippen LogP contribution in [0.4, 0.5) is 0 Å². The van der Waals surface area contributed by atoms with Gasteiger partial charge in [-0.2, -0.15) is 0 Å². The van der Waals surface area contributed by atoms with Gasteiger partial charge in [0.25, 0.3) is 11.4 Å². The summed E-state index contributed by atoms with van der Waals surface area (Å²) in [5.41, 5.74) is 3.50. The van der Waals surface area contributed by atoms with Crippen LogP contribution in [0.2, 0.25) is 0 Å². The Labute approximate surface area is 173 Å². The summed E-state index contributed by atoms with van der Waals surface area (Å²) >= 11 is 0. The second-order valence-electron chi connectivity index (χ2n) is 6.84. The van der Waals surface area contributed by atoms with Gasteiger partial charge in [-0.05, 0) is 49.3 Å². The largest absolute Gasteiger partial charge is 0.503 e. The van der Waals surface area contributed by atoms with Gasteiger partial charge in [0.2, 0.25) is 0 Å². The van der Waals surface area contributed by atoms with Crippen LogP contribution in [-0.2, 0) is 0 Å². The zero-order valence-corrected chi connectivity index (χ0v) is 16.8. The average molecular weight is 400 g/mol. The third-order valence-electron chi connectivity index (χ3n) is 4.89. The summed E-state index contributed by atoms with van der Waals surface area (Å²) < 4.78 is 6.66. The number of fused-ring (bicyclic) bond motifs is 1. The van der Waals surface area contributed by atoms with E-state index < -0.39 is 0 Å². The number of aromatic nitrogens is 4. The van der Waals surface area contributed by atoms with Crippen LogP contribution >= 0.6 is 0 Å². The van der Waals surface area contributed by atoms with Crippen LogP contribution in [0.1, 0.15) is 22.5 Å². The molecule has 1 aromatic carbocycles. The quantitative estimate of drug-likeness (QED) is 0.562. The maximum Gasteiger partial charge on any atom is 0.266 e. The van der Waals surface area contributed by atoms with E-state index in [-0.39, 0.29) is 17.2 Å². The minimum absolute atomic E-state index is 0.0836. The molecule has 150 valence electrons. The summed E-state index contributed by atoms with van der Waals surface area (Å²) in [4.78, 5) is 26.1. The van der Waals surface area contributed by atoms with Gasteiger partial charge in [0.15, 0.2) is 5.75 Å². The van der Waals surface area contributed by atoms with Crippen molar-refractivity contribution in [2.75, 3.05) is 7.11 Å². The SMILES string of the molecule is COc1nccc(/C=C/c2nc3cnccc3c(=O)n2-c2c(C)cccc2C)c1O. The van der Waals surface area contributed by atoms with E-state index in [9.17, 15) is 9.90 Å². The summed E-state index contributed by atoms with van der Waals surface area (Å²) in [6.07, 6.45) is 8.05. The molecule has 0 amide bonds. The van der Waals surface area contributed by atoms with Crippen molar-refractivity contribution in [1.82, 2.24) is 19.5 Å². The number of ether oxygens (including phenoxy) is 1. The van der Waals surface area contributed by atoms with E-state index in [0.717, 1.165) is 16.8 Å². The molecule has 30 heavy (non-hydrogen) atoms. The highest BCUT2D eigenvalue weighted by Gasteiger charge is 2.15. The summed E-state index contributed by atoms with van der Waals surface area (Å²) in [7, 11) is 1.44. The molecule has 0 unspecified atom stereocenters. The molecule has 4 rings (SSSR count). The molecule has 4 aromatic rings. The summed E-state index contributed by atoms with van der Waals surface area (Å²) in [6.45, 7) is 3.91. The Morgan fingerprint density at radius 1 is 1.07 bits per heavy atom. The smallest absolute Gasteiger partial charge is 0.266 e. The average Bonchev–Trinajstić information content (AvgIpc) is 2.74. The molecular weight excluding hydrogens is 380 g/mol. The lowest BCUT2D eigenvalue weighted by Crippen LogP contribution is -2.24. The third-order valence-corrected chi connectivity index (χ3v) is 4.89. The molecule has 0 radical (unpaired) electrons. The zero-order chi connectivity index (χ0) is 21.3. The van der Waals surface area contributed by atoms with Gasteiger partial charge in [0, 0.05) is 18.0 Å². The highest BCUT2D eigenvalue weighted by Crippen LogP contribution is 2.28. The van der Waals surface area contributed by atoms with Crippen LogP contribution in [0.15, 0.2) is 53.7 Å². The first kappa shape index (κ1) is 19.3. The van der Waals surface area contributed by atoms with Gasteiger partial charge in [-0.3, -0.25) is 14.3 Å². The first-order chi connectivity index (χ1) is 14.5. The van der Waals surface area contributed by atoms with Crippen LogP contribution in [0.3, 0.4) is 0 Å². The lowest BCUT2D eigenvalue weighted by atomic mass is 10.1. The molecule has 0 saturated carbocycles. The first-order valence-electron chi connectivity index (χ1n) is 9.34. The normalized spacial score (nSPS) is 11.3. The molecular formula is C23H20N4O3. The molecule has 0 aliphatic heterocycles. The van der Waals surface area contributed by atoms with Crippen molar-refractivity contribution in [1.29, 1.82) is 0 Å². The number of methoxy groups -OCH3 is 1. The van der Waals surface area contributed by atoms with E-state index in [4.69, 9.17) is 4.74 Å². The molecule has 0 aliphatic rings. The van der Waals surface area contributed by atoms with Crippen LogP contribution in [0.25, 0.3) is 28.7 Å². The Bertz CT molecular complexity index is 1320. The van der Waals surface area contributed by atoms with Gasteiger partial charge in [-0.25, -0.2) is 9.97 Å². The number of hydrogen-bond acceptors (Lipinski definition) is 6. The molecule has 0 aliphatic carbocycles. The number of hydrogen-bond donors (Lipinski definition) is 1. The van der Waals surface area contributed by atoms with Crippen molar-refractivity contribution in [3.63, 3.8) is 0 Å². The Morgan fingerprint density at radius 2 is 1.83 bits per heavy atom. The molecule has 0 bridgehead atoms. The number of pyridine rings is 2. The molecule has 7 heteroatoms. The van der Waals surface area contributed by atoms with E-state index in [2.05, 4.69) is 15.0 Å². The maximum absolute atomic E-state index is 13.4. The lowest BCUT2D eigenvalue weighted by molar-refractivity contribution is 0.358. The Hall–Kier alpha value is -4.00. The molecule has 1 N–H and O–H groups in total. The molecule has 0 saturated heterocycles. The minimum Gasteiger partial charge on any atom is -0.503 e. The van der Waals surface area contributed by atoms with Crippen molar-refractivity contribution in [2.45, 2.75) is 13.8 Å². The second kappa shape index (κ2) is 7.79. The van der Waals surface area contributed by atoms with E-state index in [1.807, 2.05) is 32.0 Å². The van der Waals surface area contributed by atoms with Gasteiger partial charge >= 0.3 is 0 Å². The molecule has 0 atom stereocenters. The van der Waals surface area contributed by atoms with E-state index in [1.165, 1.54) is 13.3 Å². The maximum atomic E-state index is 13.4. The molecule has 7 nitrogen and oxygen atoms in total. The number of para-hydroxylation sites is 1. The predicted molar refractivity (Wildman–Crippen MR) is 116 cm³/mol. The van der Waals surface area contributed by atoms with E-state index in [0.29, 0.717) is 22.3 Å². The first-order valence-corrected chi connectivity index (χ1v) is 9.34. The van der Waals surface area contributed by atoms with Crippen molar-refractivity contribution in [3.05, 3.63) is 81.8 Å². The van der Waals surface area contributed by atoms with E-state index >= 15 is 0 Å². The minimum atomic E-state index is -0.184. The monoisotopic (exact) mass is 400 g/mol. The third kappa shape index (κ3) is 3.30. The van der Waals surface area contributed by atoms with Crippen LogP contribution in [0, 0.1) is 13.8 Å². The zero-order valence-electron chi connectivity index (χ0n) is 16.8. The molecule has 0 fully saturated rings. The van der Waals surface area contributed by atoms with Gasteiger partial charge in [0.05, 0.1) is 29.9 Å². The van der Waals surface area contributed by atoms with Crippen LogP contribution < -0.4 is 10.3 Å². The fourth-order valence-corrected chi connectivity index (χ4v) is 3.44. The molecule has 3 aromatic heterocycles. The summed E-state index contributed by atoms with van der Waals surface area (Å²) in [6, 6.07) is 9.19. The van der Waals surface area contributed by atoms with Crippen LogP contribution in [-0.4, -0.2) is 31.7 Å². The fourth-order valence-electron chi connectivity index (χ4n) is 3.44. The number of rotatable bonds is 4. The van der Waals surface area contributed by atoms with Crippen LogP contribution in [0.5, 0.6) is 11.6 Å². The summed E-state index contributed by atoms with van der Waals surface area (Å²) in [5, 5.41) is 10.8. The van der Waals surface area contributed by atoms with Gasteiger partial charge in [-0.15, -0.1) is 0 Å². The van der Waals surface area contributed by atoms with Crippen molar-refractivity contribution >= 4 is 23.1 Å². The topological polar surface area (TPSA) is 90.1 Å². The predicted octanol–water partition coefficient (Wildman–Crippen LogP) is 3.68. The standard InChI is InChI=1S/C23H20N4O3/c1-14-5-4-6-15(2)20(14)27-19(26-18-13-24-11-10-17(18)23(27)29)8-7-16-9-12-25-22(30-3)21(16)28/h4-13,28H,1-3H3/b8-7+. The Morgan fingerprint density at radius 3 is 2.57 bits per heavy atom. The van der Waals surface area contributed by atoms with Crippen molar-refractivity contribution < 1.29 is 9.84 Å². The number of aromatic hydroxyl groups is 1. The number of benzene rings is 1. The van der Waals surface area contributed by atoms with Gasteiger partial charge in [-0.1, -0.05) is 18.2 Å². The highest BCUT2D eigenvalue weighted by atomic mass is 16.5. The number of nitrogens with zero attached hydrogens (tertiary/aromatic N) is 4. The van der Waals surface area contributed by atoms with E-state index in [1.54, 1.807) is 41.2 Å². The van der Waals surface area contributed by atoms with Gasteiger partial charge in [0.1, 0.15) is 5.82 Å². The Kier molecular flexibility index (Phi) is 5.02. The van der Waals surface area contributed by atoms with Crippen molar-refractivity contribution in [3.8, 4) is 17.3 Å². The number of aryl methyl sites for hydroxylation is 2. The lowest BCUT2D eigenvalue weighted by Gasteiger charge is -2.16. The second-order valence-corrected chi connectivity index (χ2v) is 6.84. The Balaban J connectivity index is 1.99. The van der Waals surface area contributed by atoms with Crippen molar-refractivity contribution in [2.24, 2.45) is 0 Å². The summed E-state index contributed by atoms with van der Waals surface area (Å²) in [5.74, 6) is 0.465. The molecule has 3 heterocycles. The fraction of sp³-hybridized carbons (Fsp3) is 0.130. The molecule has 0 spiro atoms. The van der Waals surface area contributed by atoms with Gasteiger partial charge < -0.3 is 9.84 Å². The highest BCUT2D eigenvalue weighted by molar-refractivity contribution is 5.80.